The minimum absolute atomic E-state index is 0.0838. The van der Waals surface area contributed by atoms with E-state index in [1.807, 2.05) is 0 Å². The van der Waals surface area contributed by atoms with E-state index in [2.05, 4.69) is 0 Å². The zero-order valence-electron chi connectivity index (χ0n) is 14.5. The summed E-state index contributed by atoms with van der Waals surface area (Å²) < 4.78 is 31.5. The summed E-state index contributed by atoms with van der Waals surface area (Å²) in [4.78, 5) is 26.6. The quantitative estimate of drug-likeness (QED) is 0.657. The first-order valence-corrected chi connectivity index (χ1v) is 10.2. The monoisotopic (exact) mass is 381 g/mol. The van der Waals surface area contributed by atoms with Crippen LogP contribution in [-0.2, 0) is 25.3 Å². The van der Waals surface area contributed by atoms with Crippen molar-refractivity contribution in [3.8, 4) is 0 Å². The Kier molecular flexibility index (Phi) is 5.90. The fraction of sp³-hybridized carbons (Fsp3) is 0.529. The number of carbonyl (C=O) groups excluding carboxylic acids is 2. The molecule has 2 aliphatic heterocycles. The number of nitrogens with zero attached hydrogens (tertiary/aromatic N) is 3. The van der Waals surface area contributed by atoms with Crippen molar-refractivity contribution in [3.05, 3.63) is 35.4 Å². The average Bonchev–Trinajstić information content (AvgIpc) is 2.68. The van der Waals surface area contributed by atoms with Gasteiger partial charge in [0.1, 0.15) is 0 Å². The number of ether oxygens (including phenoxy) is 1. The maximum atomic E-state index is 12.5. The van der Waals surface area contributed by atoms with Crippen LogP contribution in [0.2, 0.25) is 0 Å². The highest BCUT2D eigenvalue weighted by molar-refractivity contribution is 7.88. The highest BCUT2D eigenvalue weighted by Crippen LogP contribution is 2.15. The lowest BCUT2D eigenvalue weighted by Crippen LogP contribution is -2.48. The first-order chi connectivity index (χ1) is 12.5. The van der Waals surface area contributed by atoms with Crippen molar-refractivity contribution in [2.24, 2.45) is 0 Å². The smallest absolute Gasteiger partial charge is 0.253 e. The van der Waals surface area contributed by atoms with Gasteiger partial charge in [0.2, 0.25) is 16.4 Å². The summed E-state index contributed by atoms with van der Waals surface area (Å²) in [6, 6.07) is 6.71. The summed E-state index contributed by atoms with van der Waals surface area (Å²) in [6.07, 6.45) is 0.797. The number of carbonyl (C=O) groups is 2. The maximum absolute atomic E-state index is 12.5. The average molecular weight is 381 g/mol. The predicted molar refractivity (Wildman–Crippen MR) is 95.0 cm³/mol. The van der Waals surface area contributed by atoms with E-state index in [-0.39, 0.29) is 11.7 Å². The second kappa shape index (κ2) is 8.15. The Morgan fingerprint density at radius 2 is 1.62 bits per heavy atom. The molecule has 1 aromatic rings. The number of morpholine rings is 1. The summed E-state index contributed by atoms with van der Waals surface area (Å²) >= 11 is 0. The molecular weight excluding hydrogens is 358 g/mol. The Bertz CT molecular complexity index is 736. The third-order valence-electron chi connectivity index (χ3n) is 4.66. The zero-order valence-corrected chi connectivity index (χ0v) is 15.4. The maximum Gasteiger partial charge on any atom is 0.253 e. The summed E-state index contributed by atoms with van der Waals surface area (Å²) in [7, 11) is -3.38. The van der Waals surface area contributed by atoms with Crippen LogP contribution in [0.5, 0.6) is 0 Å². The van der Waals surface area contributed by atoms with E-state index in [9.17, 15) is 18.0 Å². The normalized spacial score (nSPS) is 19.4. The van der Waals surface area contributed by atoms with Crippen molar-refractivity contribution in [2.75, 3.05) is 52.5 Å². The minimum atomic E-state index is -3.38. The molecule has 2 fully saturated rings. The lowest BCUT2D eigenvalue weighted by molar-refractivity contribution is -0.119. The van der Waals surface area contributed by atoms with Gasteiger partial charge in [-0.2, -0.15) is 4.31 Å². The fourth-order valence-corrected chi connectivity index (χ4v) is 4.58. The minimum Gasteiger partial charge on any atom is -0.379 e. The molecule has 0 saturated carbocycles. The van der Waals surface area contributed by atoms with E-state index in [0.717, 1.165) is 6.41 Å². The van der Waals surface area contributed by atoms with Crippen molar-refractivity contribution < 1.29 is 22.7 Å². The van der Waals surface area contributed by atoms with Gasteiger partial charge in [0, 0.05) is 44.8 Å². The Balaban J connectivity index is 1.61. The third-order valence-corrected chi connectivity index (χ3v) is 6.51. The second-order valence-electron chi connectivity index (χ2n) is 6.40. The van der Waals surface area contributed by atoms with Gasteiger partial charge in [-0.15, -0.1) is 0 Å². The van der Waals surface area contributed by atoms with Gasteiger partial charge in [0.25, 0.3) is 5.91 Å². The van der Waals surface area contributed by atoms with Gasteiger partial charge >= 0.3 is 0 Å². The summed E-state index contributed by atoms with van der Waals surface area (Å²) in [5.74, 6) is -0.183. The number of amides is 2. The van der Waals surface area contributed by atoms with E-state index in [4.69, 9.17) is 4.74 Å². The van der Waals surface area contributed by atoms with Crippen LogP contribution in [-0.4, -0.2) is 87.3 Å². The number of benzene rings is 1. The van der Waals surface area contributed by atoms with Crippen molar-refractivity contribution >= 4 is 22.3 Å². The standard InChI is InChI=1S/C17H23N3O5S/c21-14-18-5-7-19(8-6-18)17(22)16-3-1-15(2-4-16)13-26(23,24)20-9-11-25-12-10-20/h1-4,14H,5-13H2. The molecule has 0 aromatic heterocycles. The Morgan fingerprint density at radius 1 is 1.00 bits per heavy atom. The summed E-state index contributed by atoms with van der Waals surface area (Å²) in [5.41, 5.74) is 1.18. The number of hydrogen-bond donors (Lipinski definition) is 0. The lowest BCUT2D eigenvalue weighted by atomic mass is 10.1. The van der Waals surface area contributed by atoms with Crippen molar-refractivity contribution in [1.29, 1.82) is 0 Å². The summed E-state index contributed by atoms with van der Waals surface area (Å²) in [5, 5.41) is 0. The van der Waals surface area contributed by atoms with Gasteiger partial charge in [-0.3, -0.25) is 9.59 Å². The molecule has 0 bridgehead atoms. The first-order valence-electron chi connectivity index (χ1n) is 8.63. The number of piperazine rings is 1. The first kappa shape index (κ1) is 18.8. The van der Waals surface area contributed by atoms with Crippen LogP contribution in [0.4, 0.5) is 0 Å². The molecule has 3 rings (SSSR count). The van der Waals surface area contributed by atoms with Crippen LogP contribution in [0.25, 0.3) is 0 Å². The van der Waals surface area contributed by atoms with Gasteiger partial charge in [0.05, 0.1) is 19.0 Å². The Labute approximate surface area is 153 Å². The van der Waals surface area contributed by atoms with Crippen molar-refractivity contribution in [1.82, 2.24) is 14.1 Å². The molecular formula is C17H23N3O5S. The number of hydrogen-bond acceptors (Lipinski definition) is 5. The van der Waals surface area contributed by atoms with Crippen LogP contribution in [0, 0.1) is 0 Å². The molecule has 0 N–H and O–H groups in total. The fourth-order valence-electron chi connectivity index (χ4n) is 3.08. The molecule has 2 aliphatic rings. The third kappa shape index (κ3) is 4.40. The molecule has 0 spiro atoms. The molecule has 2 saturated heterocycles. The van der Waals surface area contributed by atoms with E-state index < -0.39 is 10.0 Å². The van der Waals surface area contributed by atoms with E-state index in [0.29, 0.717) is 63.6 Å². The largest absolute Gasteiger partial charge is 0.379 e. The molecule has 1 aromatic carbocycles. The van der Waals surface area contributed by atoms with Gasteiger partial charge < -0.3 is 14.5 Å². The van der Waals surface area contributed by atoms with Gasteiger partial charge in [-0.05, 0) is 17.7 Å². The molecule has 2 heterocycles. The molecule has 0 unspecified atom stereocenters. The zero-order chi connectivity index (χ0) is 18.6. The summed E-state index contributed by atoms with van der Waals surface area (Å²) in [6.45, 7) is 3.68. The van der Waals surface area contributed by atoms with Crippen LogP contribution < -0.4 is 0 Å². The van der Waals surface area contributed by atoms with Crippen LogP contribution in [0.15, 0.2) is 24.3 Å². The van der Waals surface area contributed by atoms with Crippen molar-refractivity contribution in [3.63, 3.8) is 0 Å². The number of sulfonamides is 1. The number of rotatable bonds is 5. The predicted octanol–water partition coefficient (Wildman–Crippen LogP) is -0.237. The van der Waals surface area contributed by atoms with Crippen LogP contribution in [0.1, 0.15) is 15.9 Å². The molecule has 8 nitrogen and oxygen atoms in total. The molecule has 0 aliphatic carbocycles. The molecule has 0 atom stereocenters. The van der Waals surface area contributed by atoms with E-state index in [1.54, 1.807) is 34.1 Å². The van der Waals surface area contributed by atoms with Gasteiger partial charge in [0.15, 0.2) is 0 Å². The van der Waals surface area contributed by atoms with Gasteiger partial charge in [-0.1, -0.05) is 12.1 Å². The van der Waals surface area contributed by atoms with Crippen LogP contribution >= 0.6 is 0 Å². The SMILES string of the molecule is O=CN1CCN(C(=O)c2ccc(CS(=O)(=O)N3CCOCC3)cc2)CC1. The Hall–Kier alpha value is -1.97. The van der Waals surface area contributed by atoms with E-state index >= 15 is 0 Å². The highest BCUT2D eigenvalue weighted by Gasteiger charge is 2.25. The van der Waals surface area contributed by atoms with Gasteiger partial charge in [-0.25, -0.2) is 8.42 Å². The van der Waals surface area contributed by atoms with Crippen LogP contribution in [0.3, 0.4) is 0 Å². The molecule has 2 amide bonds. The highest BCUT2D eigenvalue weighted by atomic mass is 32.2. The second-order valence-corrected chi connectivity index (χ2v) is 8.37. The molecule has 9 heteroatoms. The molecule has 26 heavy (non-hydrogen) atoms. The van der Waals surface area contributed by atoms with E-state index in [1.165, 1.54) is 4.31 Å². The Morgan fingerprint density at radius 3 is 2.19 bits per heavy atom. The lowest BCUT2D eigenvalue weighted by Gasteiger charge is -2.32. The van der Waals surface area contributed by atoms with Crippen molar-refractivity contribution in [2.45, 2.75) is 5.75 Å². The molecule has 0 radical (unpaired) electrons. The molecule has 142 valence electrons. The topological polar surface area (TPSA) is 87.2 Å².